The largest absolute Gasteiger partial charge is 0.389 e. The summed E-state index contributed by atoms with van der Waals surface area (Å²) in [6.45, 7) is 14.3. The first-order valence-electron chi connectivity index (χ1n) is 12.6. The highest BCUT2D eigenvalue weighted by Crippen LogP contribution is 2.12. The Morgan fingerprint density at radius 2 is 1.85 bits per heavy atom. The topological polar surface area (TPSA) is 74.7 Å². The summed E-state index contributed by atoms with van der Waals surface area (Å²) in [5.74, 6) is 0.124. The number of ether oxygens (including phenoxy) is 3. The molecule has 192 valence electrons. The first-order valence-corrected chi connectivity index (χ1v) is 12.6. The molecule has 0 aliphatic carbocycles. The lowest BCUT2D eigenvalue weighted by Gasteiger charge is -2.37. The molecule has 1 aromatic carbocycles. The number of hydrogen-bond acceptors (Lipinski definition) is 7. The van der Waals surface area contributed by atoms with Crippen LogP contribution in [-0.2, 0) is 25.4 Å². The highest BCUT2D eigenvalue weighted by Gasteiger charge is 2.27. The van der Waals surface area contributed by atoms with E-state index in [1.54, 1.807) is 0 Å². The molecule has 1 aromatic rings. The molecular formula is C26H43N3O5. The lowest BCUT2D eigenvalue weighted by Crippen LogP contribution is -2.52. The van der Waals surface area contributed by atoms with Crippen molar-refractivity contribution in [2.24, 2.45) is 0 Å². The van der Waals surface area contributed by atoms with E-state index in [-0.39, 0.29) is 17.6 Å². The Morgan fingerprint density at radius 3 is 2.56 bits per heavy atom. The zero-order valence-electron chi connectivity index (χ0n) is 21.2. The number of nitrogens with zero attached hydrogens (tertiary/aromatic N) is 3. The summed E-state index contributed by atoms with van der Waals surface area (Å²) in [5, 5.41) is 10.4. The van der Waals surface area contributed by atoms with Crippen molar-refractivity contribution in [3.05, 3.63) is 35.9 Å². The summed E-state index contributed by atoms with van der Waals surface area (Å²) in [5.41, 5.74) is 0.756. The normalized spacial score (nSPS) is 21.4. The second-order valence-corrected chi connectivity index (χ2v) is 10.3. The summed E-state index contributed by atoms with van der Waals surface area (Å²) >= 11 is 0. The molecule has 2 heterocycles. The maximum Gasteiger partial charge on any atom is 0.227 e. The number of amides is 1. The zero-order chi connectivity index (χ0) is 24.4. The van der Waals surface area contributed by atoms with Crippen LogP contribution in [0.3, 0.4) is 0 Å². The molecule has 2 atom stereocenters. The smallest absolute Gasteiger partial charge is 0.227 e. The van der Waals surface area contributed by atoms with Crippen LogP contribution in [-0.4, -0.2) is 122 Å². The van der Waals surface area contributed by atoms with Gasteiger partial charge in [-0.2, -0.15) is 0 Å². The number of morpholine rings is 2. The molecule has 2 aliphatic rings. The minimum atomic E-state index is -0.546. The summed E-state index contributed by atoms with van der Waals surface area (Å²) in [7, 11) is 0. The molecule has 1 N–H and O–H groups in total. The van der Waals surface area contributed by atoms with Crippen molar-refractivity contribution < 1.29 is 24.1 Å². The highest BCUT2D eigenvalue weighted by molar-refractivity contribution is 5.78. The van der Waals surface area contributed by atoms with Crippen LogP contribution in [0.25, 0.3) is 0 Å². The Hall–Kier alpha value is -1.55. The van der Waals surface area contributed by atoms with E-state index in [1.165, 1.54) is 0 Å². The molecule has 2 saturated heterocycles. The van der Waals surface area contributed by atoms with E-state index in [9.17, 15) is 9.90 Å². The Balaban J connectivity index is 1.54. The van der Waals surface area contributed by atoms with Gasteiger partial charge in [0.25, 0.3) is 0 Å². The molecule has 8 nitrogen and oxygen atoms in total. The molecule has 2 fully saturated rings. The molecule has 3 rings (SSSR count). The lowest BCUT2D eigenvalue weighted by atomic mass is 10.1. The minimum absolute atomic E-state index is 0.0751. The van der Waals surface area contributed by atoms with E-state index in [1.807, 2.05) is 56.0 Å². The van der Waals surface area contributed by atoms with Gasteiger partial charge >= 0.3 is 0 Å². The van der Waals surface area contributed by atoms with Gasteiger partial charge in [0.05, 0.1) is 50.7 Å². The second-order valence-electron chi connectivity index (χ2n) is 10.3. The van der Waals surface area contributed by atoms with Crippen LogP contribution < -0.4 is 0 Å². The van der Waals surface area contributed by atoms with Gasteiger partial charge in [-0.15, -0.1) is 0 Å². The number of aliphatic hydroxyl groups is 1. The number of aliphatic hydroxyl groups excluding tert-OH is 1. The Morgan fingerprint density at radius 1 is 1.15 bits per heavy atom. The summed E-state index contributed by atoms with van der Waals surface area (Å²) in [4.78, 5) is 19.8. The number of hydrogen-bond donors (Lipinski definition) is 1. The molecule has 8 heteroatoms. The van der Waals surface area contributed by atoms with E-state index in [0.29, 0.717) is 45.8 Å². The molecule has 1 amide bonds. The number of carbonyl (C=O) groups excluding carboxylic acids is 1. The summed E-state index contributed by atoms with van der Waals surface area (Å²) < 4.78 is 17.2. The maximum atomic E-state index is 13.3. The maximum absolute atomic E-state index is 13.3. The first kappa shape index (κ1) is 27.0. The van der Waals surface area contributed by atoms with E-state index in [0.717, 1.165) is 45.0 Å². The number of benzene rings is 1. The van der Waals surface area contributed by atoms with Crippen LogP contribution in [0.15, 0.2) is 30.3 Å². The molecule has 0 radical (unpaired) electrons. The molecule has 0 spiro atoms. The molecule has 0 bridgehead atoms. The van der Waals surface area contributed by atoms with Crippen LogP contribution >= 0.6 is 0 Å². The molecule has 34 heavy (non-hydrogen) atoms. The second kappa shape index (κ2) is 13.5. The predicted molar refractivity (Wildman–Crippen MR) is 132 cm³/mol. The van der Waals surface area contributed by atoms with Gasteiger partial charge < -0.3 is 24.2 Å². The SMILES string of the molecule is CC(C)(C)OC[C@@H](O)CN1CCO[C@@H](CN(CCN2CCOCC2)C(=O)Cc2ccccc2)C1. The van der Waals surface area contributed by atoms with Gasteiger partial charge in [0.2, 0.25) is 5.91 Å². The fourth-order valence-electron chi connectivity index (χ4n) is 4.29. The van der Waals surface area contributed by atoms with Gasteiger partial charge in [-0.05, 0) is 26.3 Å². The van der Waals surface area contributed by atoms with Gasteiger partial charge in [0.15, 0.2) is 0 Å². The number of β-amino-alcohol motifs (C(OH)–C–C–N with tert-alkyl or cyclic N) is 1. The van der Waals surface area contributed by atoms with Crippen LogP contribution in [0.4, 0.5) is 0 Å². The molecule has 2 aliphatic heterocycles. The van der Waals surface area contributed by atoms with Crippen LogP contribution in [0.1, 0.15) is 26.3 Å². The fourth-order valence-corrected chi connectivity index (χ4v) is 4.29. The van der Waals surface area contributed by atoms with Crippen molar-refractivity contribution in [3.8, 4) is 0 Å². The van der Waals surface area contributed by atoms with Gasteiger partial charge in [0.1, 0.15) is 0 Å². The van der Waals surface area contributed by atoms with Gasteiger partial charge in [0, 0.05) is 52.4 Å². The van der Waals surface area contributed by atoms with Gasteiger partial charge in [-0.1, -0.05) is 30.3 Å². The van der Waals surface area contributed by atoms with Gasteiger partial charge in [-0.25, -0.2) is 0 Å². The third kappa shape index (κ3) is 9.98. The van der Waals surface area contributed by atoms with Crippen molar-refractivity contribution >= 4 is 5.91 Å². The van der Waals surface area contributed by atoms with Crippen molar-refractivity contribution in [2.75, 3.05) is 78.8 Å². The van der Waals surface area contributed by atoms with Crippen molar-refractivity contribution in [1.82, 2.24) is 14.7 Å². The van der Waals surface area contributed by atoms with Crippen molar-refractivity contribution in [3.63, 3.8) is 0 Å². The number of rotatable bonds is 11. The Bertz CT molecular complexity index is 721. The highest BCUT2D eigenvalue weighted by atomic mass is 16.5. The number of carbonyl (C=O) groups is 1. The predicted octanol–water partition coefficient (Wildman–Crippen LogP) is 1.27. The fraction of sp³-hybridized carbons (Fsp3) is 0.731. The third-order valence-corrected chi connectivity index (χ3v) is 6.17. The summed E-state index contributed by atoms with van der Waals surface area (Å²) in [6.07, 6.45) is -0.229. The summed E-state index contributed by atoms with van der Waals surface area (Å²) in [6, 6.07) is 9.90. The third-order valence-electron chi connectivity index (χ3n) is 6.17. The monoisotopic (exact) mass is 477 g/mol. The van der Waals surface area contributed by atoms with E-state index in [4.69, 9.17) is 14.2 Å². The average Bonchev–Trinajstić information content (AvgIpc) is 2.81. The lowest BCUT2D eigenvalue weighted by molar-refractivity contribution is -0.134. The van der Waals surface area contributed by atoms with Gasteiger partial charge in [-0.3, -0.25) is 14.6 Å². The molecule has 0 unspecified atom stereocenters. The van der Waals surface area contributed by atoms with Crippen LogP contribution in [0, 0.1) is 0 Å². The first-order chi connectivity index (χ1) is 16.3. The zero-order valence-corrected chi connectivity index (χ0v) is 21.2. The van der Waals surface area contributed by atoms with E-state index < -0.39 is 6.10 Å². The van der Waals surface area contributed by atoms with Crippen molar-refractivity contribution in [2.45, 2.75) is 45.0 Å². The average molecular weight is 478 g/mol. The van der Waals surface area contributed by atoms with Crippen LogP contribution in [0.5, 0.6) is 0 Å². The van der Waals surface area contributed by atoms with E-state index >= 15 is 0 Å². The Kier molecular flexibility index (Phi) is 10.8. The molecule has 0 saturated carbocycles. The van der Waals surface area contributed by atoms with E-state index in [2.05, 4.69) is 9.80 Å². The quantitative estimate of drug-likeness (QED) is 0.514. The van der Waals surface area contributed by atoms with Crippen molar-refractivity contribution in [1.29, 1.82) is 0 Å². The Labute approximate surface area is 204 Å². The molecular weight excluding hydrogens is 434 g/mol. The standard InChI is InChI=1S/C26H43N3O5/c1-26(2,3)34-21-23(30)18-28-13-16-33-24(19-28)20-29(10-9-27-11-14-32-15-12-27)25(31)17-22-7-5-4-6-8-22/h4-8,23-24,30H,9-21H2,1-3H3/t23-,24+/m0/s1. The van der Waals surface area contributed by atoms with Crippen LogP contribution in [0.2, 0.25) is 0 Å². The minimum Gasteiger partial charge on any atom is -0.389 e. The molecule has 0 aromatic heterocycles.